The van der Waals surface area contributed by atoms with E-state index in [1.807, 2.05) is 13.0 Å². The van der Waals surface area contributed by atoms with Gasteiger partial charge in [-0.25, -0.2) is 0 Å². The first-order chi connectivity index (χ1) is 8.99. The zero-order valence-corrected chi connectivity index (χ0v) is 11.1. The van der Waals surface area contributed by atoms with E-state index in [1.165, 1.54) is 6.07 Å². The molecule has 1 heterocycles. The summed E-state index contributed by atoms with van der Waals surface area (Å²) in [7, 11) is 0. The normalized spacial score (nSPS) is 19.9. The van der Waals surface area contributed by atoms with Crippen molar-refractivity contribution >= 4 is 5.69 Å². The Morgan fingerprint density at radius 1 is 1.47 bits per heavy atom. The van der Waals surface area contributed by atoms with Crippen LogP contribution in [0.1, 0.15) is 12.5 Å². The Morgan fingerprint density at radius 3 is 2.79 bits per heavy atom. The first kappa shape index (κ1) is 13.9. The molecule has 0 aliphatic carbocycles. The van der Waals surface area contributed by atoms with E-state index in [1.54, 1.807) is 12.1 Å². The van der Waals surface area contributed by atoms with Crippen LogP contribution in [0.4, 0.5) is 5.69 Å². The Morgan fingerprint density at radius 2 is 2.16 bits per heavy atom. The fourth-order valence-electron chi connectivity index (χ4n) is 2.48. The summed E-state index contributed by atoms with van der Waals surface area (Å²) in [4.78, 5) is 12.6. The first-order valence-corrected chi connectivity index (χ1v) is 6.47. The molecule has 19 heavy (non-hydrogen) atoms. The standard InChI is InChI=1S/C13H20N4O2/c1-13(14,16-7-5-15-6-8-16)10-11-3-2-4-12(9-11)17(18)19/h2-4,9,15H,5-8,10,14H2,1H3. The van der Waals surface area contributed by atoms with Crippen LogP contribution in [-0.4, -0.2) is 41.7 Å². The molecule has 0 spiro atoms. The highest BCUT2D eigenvalue weighted by atomic mass is 16.6. The molecule has 1 aromatic carbocycles. The van der Waals surface area contributed by atoms with Gasteiger partial charge in [0.05, 0.1) is 10.6 Å². The molecule has 2 rings (SSSR count). The lowest BCUT2D eigenvalue weighted by Crippen LogP contribution is -2.60. The summed E-state index contributed by atoms with van der Waals surface area (Å²) in [5.41, 5.74) is 6.92. The van der Waals surface area contributed by atoms with E-state index in [-0.39, 0.29) is 10.6 Å². The summed E-state index contributed by atoms with van der Waals surface area (Å²) >= 11 is 0. The quantitative estimate of drug-likeness (QED) is 0.618. The summed E-state index contributed by atoms with van der Waals surface area (Å²) in [6, 6.07) is 6.71. The zero-order chi connectivity index (χ0) is 13.9. The maximum Gasteiger partial charge on any atom is 0.269 e. The van der Waals surface area contributed by atoms with Crippen LogP contribution in [0, 0.1) is 10.1 Å². The van der Waals surface area contributed by atoms with Crippen LogP contribution in [0.3, 0.4) is 0 Å². The van der Waals surface area contributed by atoms with Gasteiger partial charge in [-0.2, -0.15) is 0 Å². The number of nitro benzene ring substituents is 1. The van der Waals surface area contributed by atoms with Crippen molar-refractivity contribution in [1.29, 1.82) is 0 Å². The number of hydrogen-bond acceptors (Lipinski definition) is 5. The molecule has 104 valence electrons. The van der Waals surface area contributed by atoms with Gasteiger partial charge in [0.15, 0.2) is 0 Å². The topological polar surface area (TPSA) is 84.4 Å². The molecule has 0 aromatic heterocycles. The van der Waals surface area contributed by atoms with E-state index in [4.69, 9.17) is 5.73 Å². The average Bonchev–Trinajstić information content (AvgIpc) is 2.39. The Bertz CT molecular complexity index is 456. The highest BCUT2D eigenvalue weighted by Crippen LogP contribution is 2.19. The van der Waals surface area contributed by atoms with Crippen LogP contribution in [0.15, 0.2) is 24.3 Å². The minimum absolute atomic E-state index is 0.119. The van der Waals surface area contributed by atoms with Crippen molar-refractivity contribution in [3.05, 3.63) is 39.9 Å². The zero-order valence-electron chi connectivity index (χ0n) is 11.1. The maximum absolute atomic E-state index is 10.8. The van der Waals surface area contributed by atoms with Crippen molar-refractivity contribution in [2.75, 3.05) is 26.2 Å². The van der Waals surface area contributed by atoms with Crippen molar-refractivity contribution in [1.82, 2.24) is 10.2 Å². The van der Waals surface area contributed by atoms with Crippen LogP contribution < -0.4 is 11.1 Å². The van der Waals surface area contributed by atoms with Crippen LogP contribution in [0.25, 0.3) is 0 Å². The smallest absolute Gasteiger partial charge is 0.269 e. The molecule has 6 nitrogen and oxygen atoms in total. The first-order valence-electron chi connectivity index (χ1n) is 6.47. The van der Waals surface area contributed by atoms with Gasteiger partial charge in [0.2, 0.25) is 0 Å². The SMILES string of the molecule is CC(N)(Cc1cccc([N+](=O)[O-])c1)N1CCNCC1. The lowest BCUT2D eigenvalue weighted by Gasteiger charge is -2.41. The second-order valence-corrected chi connectivity index (χ2v) is 5.20. The van der Waals surface area contributed by atoms with E-state index in [0.29, 0.717) is 6.42 Å². The van der Waals surface area contributed by atoms with Crippen LogP contribution in [0.2, 0.25) is 0 Å². The van der Waals surface area contributed by atoms with E-state index in [9.17, 15) is 10.1 Å². The molecule has 1 unspecified atom stereocenters. The van der Waals surface area contributed by atoms with Crippen molar-refractivity contribution < 1.29 is 4.92 Å². The number of hydrogen-bond donors (Lipinski definition) is 2. The summed E-state index contributed by atoms with van der Waals surface area (Å²) in [5, 5.41) is 14.1. The Balaban J connectivity index is 2.10. The lowest BCUT2D eigenvalue weighted by molar-refractivity contribution is -0.384. The van der Waals surface area contributed by atoms with E-state index < -0.39 is 5.66 Å². The summed E-state index contributed by atoms with van der Waals surface area (Å²) in [6.07, 6.45) is 0.606. The van der Waals surface area contributed by atoms with Gasteiger partial charge in [-0.15, -0.1) is 0 Å². The van der Waals surface area contributed by atoms with Gasteiger partial charge >= 0.3 is 0 Å². The summed E-state index contributed by atoms with van der Waals surface area (Å²) < 4.78 is 0. The molecule has 1 fully saturated rings. The highest BCUT2D eigenvalue weighted by Gasteiger charge is 2.28. The van der Waals surface area contributed by atoms with Crippen molar-refractivity contribution in [3.63, 3.8) is 0 Å². The Labute approximate surface area is 112 Å². The third kappa shape index (κ3) is 3.50. The molecule has 1 aliphatic heterocycles. The number of nitrogens with two attached hydrogens (primary N) is 1. The molecule has 0 bridgehead atoms. The summed E-state index contributed by atoms with van der Waals surface area (Å²) in [6.45, 7) is 5.66. The van der Waals surface area contributed by atoms with E-state index >= 15 is 0 Å². The molecule has 0 radical (unpaired) electrons. The fraction of sp³-hybridized carbons (Fsp3) is 0.538. The molecule has 1 saturated heterocycles. The third-order valence-electron chi connectivity index (χ3n) is 3.52. The lowest BCUT2D eigenvalue weighted by atomic mass is 9.99. The maximum atomic E-state index is 10.8. The molecular formula is C13H20N4O2. The van der Waals surface area contributed by atoms with Crippen LogP contribution in [0.5, 0.6) is 0 Å². The Kier molecular flexibility index (Phi) is 4.14. The van der Waals surface area contributed by atoms with Gasteiger partial charge < -0.3 is 11.1 Å². The number of nitrogens with zero attached hydrogens (tertiary/aromatic N) is 2. The minimum atomic E-state index is -0.475. The average molecular weight is 264 g/mol. The van der Waals surface area contributed by atoms with Gasteiger partial charge in [-0.05, 0) is 12.5 Å². The van der Waals surface area contributed by atoms with Gasteiger partial charge in [-0.3, -0.25) is 15.0 Å². The second kappa shape index (κ2) is 5.64. The number of benzene rings is 1. The van der Waals surface area contributed by atoms with E-state index in [0.717, 1.165) is 31.7 Å². The number of nitro groups is 1. The molecule has 1 aliphatic rings. The third-order valence-corrected chi connectivity index (χ3v) is 3.52. The molecule has 1 aromatic rings. The Hall–Kier alpha value is -1.50. The van der Waals surface area contributed by atoms with E-state index in [2.05, 4.69) is 10.2 Å². The number of rotatable bonds is 4. The molecule has 0 saturated carbocycles. The number of non-ortho nitro benzene ring substituents is 1. The van der Waals surface area contributed by atoms with Crippen molar-refractivity contribution in [2.24, 2.45) is 5.73 Å². The van der Waals surface area contributed by atoms with Crippen LogP contribution in [-0.2, 0) is 6.42 Å². The molecule has 3 N–H and O–H groups in total. The highest BCUT2D eigenvalue weighted by molar-refractivity contribution is 5.35. The summed E-state index contributed by atoms with van der Waals surface area (Å²) in [5.74, 6) is 0. The van der Waals surface area contributed by atoms with Crippen molar-refractivity contribution in [2.45, 2.75) is 19.0 Å². The van der Waals surface area contributed by atoms with Gasteiger partial charge in [0.25, 0.3) is 5.69 Å². The molecule has 6 heteroatoms. The largest absolute Gasteiger partial charge is 0.314 e. The predicted molar refractivity (Wildman–Crippen MR) is 73.8 cm³/mol. The minimum Gasteiger partial charge on any atom is -0.314 e. The number of piperazine rings is 1. The van der Waals surface area contributed by atoms with Gasteiger partial charge in [0.1, 0.15) is 0 Å². The van der Waals surface area contributed by atoms with Crippen LogP contribution >= 0.6 is 0 Å². The number of nitrogens with one attached hydrogen (secondary N) is 1. The molecular weight excluding hydrogens is 244 g/mol. The monoisotopic (exact) mass is 264 g/mol. The van der Waals surface area contributed by atoms with Gasteiger partial charge in [-0.1, -0.05) is 12.1 Å². The van der Waals surface area contributed by atoms with Crippen molar-refractivity contribution in [3.8, 4) is 0 Å². The van der Waals surface area contributed by atoms with Gasteiger partial charge in [0, 0.05) is 44.7 Å². The second-order valence-electron chi connectivity index (χ2n) is 5.20. The molecule has 0 amide bonds. The molecule has 1 atom stereocenters. The fourth-order valence-corrected chi connectivity index (χ4v) is 2.48. The predicted octanol–water partition coefficient (Wildman–Crippen LogP) is 0.717.